The number of benzene rings is 1. The molecule has 0 atom stereocenters. The molecular weight excluding hydrogens is 260 g/mol. The number of hydrogen-bond donors (Lipinski definition) is 0. The zero-order valence-corrected chi connectivity index (χ0v) is 11.0. The summed E-state index contributed by atoms with van der Waals surface area (Å²) in [5.74, 6) is -0.841. The van der Waals surface area contributed by atoms with Gasteiger partial charge in [0.15, 0.2) is 11.5 Å². The van der Waals surface area contributed by atoms with Crippen LogP contribution in [0.15, 0.2) is 54.0 Å². The van der Waals surface area contributed by atoms with E-state index in [-0.39, 0.29) is 24.7 Å². The van der Waals surface area contributed by atoms with E-state index in [0.29, 0.717) is 0 Å². The average molecular weight is 274 g/mol. The molecule has 0 aromatic heterocycles. The van der Waals surface area contributed by atoms with Crippen LogP contribution in [-0.4, -0.2) is 18.5 Å². The highest BCUT2D eigenvalue weighted by Crippen LogP contribution is 2.22. The van der Waals surface area contributed by atoms with Crippen molar-refractivity contribution in [1.82, 2.24) is 0 Å². The lowest BCUT2D eigenvalue weighted by Gasteiger charge is -2.07. The minimum atomic E-state index is -0.577. The van der Waals surface area contributed by atoms with Gasteiger partial charge < -0.3 is 14.2 Å². The molecule has 1 aromatic rings. The fourth-order valence-electron chi connectivity index (χ4n) is 1.61. The van der Waals surface area contributed by atoms with Gasteiger partial charge in [-0.25, -0.2) is 9.59 Å². The molecule has 0 unspecified atom stereocenters. The maximum Gasteiger partial charge on any atom is 0.340 e. The van der Waals surface area contributed by atoms with Gasteiger partial charge in [-0.1, -0.05) is 30.3 Å². The molecule has 0 bridgehead atoms. The summed E-state index contributed by atoms with van der Waals surface area (Å²) in [6.45, 7) is 2.23. The van der Waals surface area contributed by atoms with Gasteiger partial charge in [-0.2, -0.15) is 0 Å². The Morgan fingerprint density at radius 2 is 2.05 bits per heavy atom. The molecule has 0 amide bonds. The Bertz CT molecular complexity index is 557. The van der Waals surface area contributed by atoms with Crippen molar-refractivity contribution in [3.63, 3.8) is 0 Å². The number of rotatable bonds is 5. The van der Waals surface area contributed by atoms with Gasteiger partial charge in [-0.05, 0) is 12.5 Å². The predicted octanol–water partition coefficient (Wildman–Crippen LogP) is 2.09. The van der Waals surface area contributed by atoms with Crippen LogP contribution >= 0.6 is 0 Å². The molecule has 5 heteroatoms. The van der Waals surface area contributed by atoms with E-state index in [1.54, 1.807) is 6.92 Å². The third-order valence-electron chi connectivity index (χ3n) is 2.48. The van der Waals surface area contributed by atoms with Gasteiger partial charge in [0, 0.05) is 0 Å². The van der Waals surface area contributed by atoms with Crippen molar-refractivity contribution in [2.24, 2.45) is 0 Å². The molecular formula is C15H14O5. The van der Waals surface area contributed by atoms with Crippen LogP contribution in [0.1, 0.15) is 12.5 Å². The fraction of sp³-hybridized carbons (Fsp3) is 0.200. The Morgan fingerprint density at radius 3 is 2.75 bits per heavy atom. The normalized spacial score (nSPS) is 15.8. The van der Waals surface area contributed by atoms with Crippen molar-refractivity contribution in [3.8, 4) is 0 Å². The summed E-state index contributed by atoms with van der Waals surface area (Å²) in [5, 5.41) is 0. The van der Waals surface area contributed by atoms with Gasteiger partial charge in [-0.3, -0.25) is 0 Å². The Kier molecular flexibility index (Phi) is 4.55. The first-order valence-corrected chi connectivity index (χ1v) is 6.18. The summed E-state index contributed by atoms with van der Waals surface area (Å²) in [7, 11) is 0. The van der Waals surface area contributed by atoms with Crippen LogP contribution in [0, 0.1) is 0 Å². The monoisotopic (exact) mass is 274 g/mol. The van der Waals surface area contributed by atoms with E-state index < -0.39 is 11.9 Å². The van der Waals surface area contributed by atoms with Crippen LogP contribution in [-0.2, 0) is 30.4 Å². The minimum Gasteiger partial charge on any atom is -0.485 e. The van der Waals surface area contributed by atoms with Gasteiger partial charge in [0.05, 0.1) is 18.8 Å². The predicted molar refractivity (Wildman–Crippen MR) is 70.1 cm³/mol. The van der Waals surface area contributed by atoms with E-state index in [2.05, 4.69) is 0 Å². The Labute approximate surface area is 116 Å². The largest absolute Gasteiger partial charge is 0.485 e. The first kappa shape index (κ1) is 13.9. The van der Waals surface area contributed by atoms with Crippen molar-refractivity contribution in [3.05, 3.63) is 59.6 Å². The lowest BCUT2D eigenvalue weighted by molar-refractivity contribution is -0.137. The molecule has 2 rings (SSSR count). The third kappa shape index (κ3) is 3.71. The zero-order chi connectivity index (χ0) is 14.4. The number of hydrogen-bond acceptors (Lipinski definition) is 5. The van der Waals surface area contributed by atoms with Crippen molar-refractivity contribution in [2.75, 3.05) is 6.61 Å². The second-order valence-corrected chi connectivity index (χ2v) is 3.96. The van der Waals surface area contributed by atoms with Gasteiger partial charge >= 0.3 is 11.9 Å². The van der Waals surface area contributed by atoms with Crippen molar-refractivity contribution >= 4 is 11.9 Å². The molecule has 1 aliphatic heterocycles. The number of esters is 2. The summed E-state index contributed by atoms with van der Waals surface area (Å²) in [5.41, 5.74) is 0.947. The maximum atomic E-state index is 11.4. The van der Waals surface area contributed by atoms with Gasteiger partial charge in [0.25, 0.3) is 0 Å². The molecule has 0 saturated carbocycles. The summed E-state index contributed by atoms with van der Waals surface area (Å²) in [6.07, 6.45) is 2.30. The summed E-state index contributed by atoms with van der Waals surface area (Å²) >= 11 is 0. The quantitative estimate of drug-likeness (QED) is 0.607. The molecule has 20 heavy (non-hydrogen) atoms. The van der Waals surface area contributed by atoms with E-state index >= 15 is 0 Å². The highest BCUT2D eigenvalue weighted by Gasteiger charge is 2.23. The topological polar surface area (TPSA) is 61.8 Å². The lowest BCUT2D eigenvalue weighted by Crippen LogP contribution is -2.04. The minimum absolute atomic E-state index is 0.0735. The number of cyclic esters (lactones) is 1. The van der Waals surface area contributed by atoms with E-state index in [0.717, 1.165) is 11.6 Å². The Balaban J connectivity index is 2.03. The second kappa shape index (κ2) is 6.56. The SMILES string of the molecule is CCOC(=O)/C=C1\OC(=O)C=C1OCc1ccccc1. The number of carbonyl (C=O) groups excluding carboxylic acids is 2. The molecule has 0 aliphatic carbocycles. The smallest absolute Gasteiger partial charge is 0.340 e. The molecule has 5 nitrogen and oxygen atoms in total. The second-order valence-electron chi connectivity index (χ2n) is 3.96. The Hall–Kier alpha value is -2.56. The van der Waals surface area contributed by atoms with E-state index in [1.165, 1.54) is 6.08 Å². The van der Waals surface area contributed by atoms with Crippen LogP contribution in [0.25, 0.3) is 0 Å². The zero-order valence-electron chi connectivity index (χ0n) is 11.0. The maximum absolute atomic E-state index is 11.4. The van der Waals surface area contributed by atoms with Crippen LogP contribution in [0.5, 0.6) is 0 Å². The van der Waals surface area contributed by atoms with Crippen LogP contribution in [0.2, 0.25) is 0 Å². The number of carbonyl (C=O) groups is 2. The fourth-order valence-corrected chi connectivity index (χ4v) is 1.61. The van der Waals surface area contributed by atoms with Crippen LogP contribution in [0.4, 0.5) is 0 Å². The highest BCUT2D eigenvalue weighted by atomic mass is 16.6. The molecule has 0 spiro atoms. The lowest BCUT2D eigenvalue weighted by atomic mass is 10.2. The molecule has 0 radical (unpaired) electrons. The van der Waals surface area contributed by atoms with Gasteiger partial charge in [0.2, 0.25) is 0 Å². The molecule has 0 N–H and O–H groups in total. The summed E-state index contributed by atoms with van der Waals surface area (Å²) in [4.78, 5) is 22.6. The molecule has 1 heterocycles. The first-order valence-electron chi connectivity index (χ1n) is 6.18. The molecule has 0 saturated heterocycles. The van der Waals surface area contributed by atoms with Gasteiger partial charge in [-0.15, -0.1) is 0 Å². The summed E-state index contributed by atoms with van der Waals surface area (Å²) in [6, 6.07) is 9.47. The van der Waals surface area contributed by atoms with Crippen molar-refractivity contribution in [2.45, 2.75) is 13.5 Å². The van der Waals surface area contributed by atoms with Crippen LogP contribution in [0.3, 0.4) is 0 Å². The molecule has 1 aliphatic rings. The third-order valence-corrected chi connectivity index (χ3v) is 2.48. The van der Waals surface area contributed by atoms with E-state index in [4.69, 9.17) is 14.2 Å². The molecule has 104 valence electrons. The van der Waals surface area contributed by atoms with Crippen molar-refractivity contribution < 1.29 is 23.8 Å². The van der Waals surface area contributed by atoms with Crippen molar-refractivity contribution in [1.29, 1.82) is 0 Å². The van der Waals surface area contributed by atoms with E-state index in [1.807, 2.05) is 30.3 Å². The number of ether oxygens (including phenoxy) is 3. The first-order chi connectivity index (χ1) is 9.69. The average Bonchev–Trinajstić information content (AvgIpc) is 2.78. The summed E-state index contributed by atoms with van der Waals surface area (Å²) < 4.78 is 15.1. The molecule has 0 fully saturated rings. The highest BCUT2D eigenvalue weighted by molar-refractivity contribution is 5.91. The molecule has 1 aromatic carbocycles. The van der Waals surface area contributed by atoms with E-state index in [9.17, 15) is 9.59 Å². The standard InChI is InChI=1S/C15H14O5/c1-2-18-14(16)9-13-12(8-15(17)20-13)19-10-11-6-4-3-5-7-11/h3-9H,2,10H2,1H3/b13-9-. The van der Waals surface area contributed by atoms with Gasteiger partial charge in [0.1, 0.15) is 6.61 Å². The Morgan fingerprint density at radius 1 is 1.30 bits per heavy atom. The van der Waals surface area contributed by atoms with Crippen LogP contribution < -0.4 is 0 Å².